The summed E-state index contributed by atoms with van der Waals surface area (Å²) >= 11 is 0. The minimum atomic E-state index is -3.11. The van der Waals surface area contributed by atoms with Crippen LogP contribution in [-0.4, -0.2) is 17.2 Å². The van der Waals surface area contributed by atoms with Gasteiger partial charge < -0.3 is 4.57 Å². The third-order valence-corrected chi connectivity index (χ3v) is 1.01. The molecule has 5 nitrogen and oxygen atoms in total. The summed E-state index contributed by atoms with van der Waals surface area (Å²) in [7, 11) is -1.39. The fraction of sp³-hybridized carbons (Fsp3) is 0.167. The van der Waals surface area contributed by atoms with Crippen molar-refractivity contribution in [3.63, 3.8) is 0 Å². The molecular formula is C6H7NO4S. The molecule has 6 heteroatoms. The highest BCUT2D eigenvalue weighted by molar-refractivity contribution is 7.59. The SMILES string of the molecule is Cn1ccccc1=O.O=S(=O)=O. The Morgan fingerprint density at radius 1 is 1.25 bits per heavy atom. The molecule has 0 unspecified atom stereocenters. The van der Waals surface area contributed by atoms with Crippen LogP contribution < -0.4 is 5.56 Å². The Balaban J connectivity index is 0.000000261. The molecule has 0 radical (unpaired) electrons. The van der Waals surface area contributed by atoms with Crippen LogP contribution in [0.4, 0.5) is 0 Å². The molecule has 1 aromatic rings. The first-order valence-electron chi connectivity index (χ1n) is 2.92. The molecule has 0 aliphatic rings. The number of hydrogen-bond acceptors (Lipinski definition) is 4. The van der Waals surface area contributed by atoms with Crippen molar-refractivity contribution in [3.8, 4) is 0 Å². The average Bonchev–Trinajstić information content (AvgIpc) is 1.94. The van der Waals surface area contributed by atoms with Crippen LogP contribution in [0.3, 0.4) is 0 Å². The van der Waals surface area contributed by atoms with Crippen LogP contribution in [0.1, 0.15) is 0 Å². The van der Waals surface area contributed by atoms with Crippen LogP contribution in [-0.2, 0) is 17.7 Å². The van der Waals surface area contributed by atoms with Gasteiger partial charge in [-0.2, -0.15) is 0 Å². The van der Waals surface area contributed by atoms with Gasteiger partial charge in [0.2, 0.25) is 5.56 Å². The highest BCUT2D eigenvalue weighted by Gasteiger charge is 1.79. The van der Waals surface area contributed by atoms with Crippen LogP contribution in [0.5, 0.6) is 0 Å². The summed E-state index contributed by atoms with van der Waals surface area (Å²) in [6, 6.07) is 5.07. The molecule has 1 aromatic heterocycles. The van der Waals surface area contributed by atoms with Crippen molar-refractivity contribution in [2.24, 2.45) is 7.05 Å². The van der Waals surface area contributed by atoms with Crippen LogP contribution in [0.2, 0.25) is 0 Å². The van der Waals surface area contributed by atoms with Crippen LogP contribution >= 0.6 is 0 Å². The fourth-order valence-electron chi connectivity index (χ4n) is 0.508. The molecule has 12 heavy (non-hydrogen) atoms. The number of aryl methyl sites for hydroxylation is 1. The van der Waals surface area contributed by atoms with E-state index >= 15 is 0 Å². The summed E-state index contributed by atoms with van der Waals surface area (Å²) in [5, 5.41) is 0. The molecule has 0 aromatic carbocycles. The monoisotopic (exact) mass is 189 g/mol. The second kappa shape index (κ2) is 5.25. The quantitative estimate of drug-likeness (QED) is 0.545. The molecule has 1 rings (SSSR count). The fourth-order valence-corrected chi connectivity index (χ4v) is 0.508. The van der Waals surface area contributed by atoms with Gasteiger partial charge in [-0.3, -0.25) is 4.79 Å². The van der Waals surface area contributed by atoms with E-state index in [4.69, 9.17) is 12.6 Å². The highest BCUT2D eigenvalue weighted by atomic mass is 32.2. The van der Waals surface area contributed by atoms with Gasteiger partial charge in [-0.05, 0) is 6.07 Å². The van der Waals surface area contributed by atoms with Gasteiger partial charge in [-0.1, -0.05) is 6.07 Å². The highest BCUT2D eigenvalue weighted by Crippen LogP contribution is 1.73. The summed E-state index contributed by atoms with van der Waals surface area (Å²) in [5.41, 5.74) is 0.0347. The van der Waals surface area contributed by atoms with Crippen LogP contribution in [0, 0.1) is 0 Å². The lowest BCUT2D eigenvalue weighted by Crippen LogP contribution is -2.12. The van der Waals surface area contributed by atoms with E-state index in [1.54, 1.807) is 19.3 Å². The van der Waals surface area contributed by atoms with Crippen LogP contribution in [0.25, 0.3) is 0 Å². The Hall–Kier alpha value is -1.43. The summed E-state index contributed by atoms with van der Waals surface area (Å²) < 4.78 is 26.9. The predicted molar refractivity (Wildman–Crippen MR) is 41.4 cm³/mol. The van der Waals surface area contributed by atoms with Gasteiger partial charge in [0.25, 0.3) is 0 Å². The molecule has 0 amide bonds. The Morgan fingerprint density at radius 3 is 2.00 bits per heavy atom. The number of pyridine rings is 1. The third-order valence-electron chi connectivity index (χ3n) is 1.01. The Morgan fingerprint density at radius 2 is 1.75 bits per heavy atom. The average molecular weight is 189 g/mol. The number of rotatable bonds is 0. The lowest BCUT2D eigenvalue weighted by Gasteiger charge is -1.89. The van der Waals surface area contributed by atoms with E-state index in [0.717, 1.165) is 0 Å². The van der Waals surface area contributed by atoms with Gasteiger partial charge in [0, 0.05) is 19.3 Å². The Labute approximate surface area is 70.3 Å². The summed E-state index contributed by atoms with van der Waals surface area (Å²) in [6.07, 6.45) is 1.72. The zero-order chi connectivity index (χ0) is 9.56. The molecule has 0 saturated heterocycles. The van der Waals surface area contributed by atoms with Crippen molar-refractivity contribution >= 4 is 10.6 Å². The van der Waals surface area contributed by atoms with Crippen LogP contribution in [0.15, 0.2) is 29.2 Å². The molecule has 0 aliphatic heterocycles. The van der Waals surface area contributed by atoms with Gasteiger partial charge in [0.1, 0.15) is 0 Å². The van der Waals surface area contributed by atoms with Gasteiger partial charge >= 0.3 is 10.6 Å². The van der Waals surface area contributed by atoms with E-state index in [2.05, 4.69) is 0 Å². The molecule has 66 valence electrons. The minimum absolute atomic E-state index is 0.0347. The predicted octanol–water partition coefficient (Wildman–Crippen LogP) is -0.619. The first-order chi connectivity index (χ1) is 5.54. The number of hydrogen-bond donors (Lipinski definition) is 0. The van der Waals surface area contributed by atoms with Gasteiger partial charge in [-0.25, -0.2) is 0 Å². The van der Waals surface area contributed by atoms with Gasteiger partial charge in [0.05, 0.1) is 0 Å². The lowest BCUT2D eigenvalue weighted by atomic mass is 10.5. The van der Waals surface area contributed by atoms with E-state index < -0.39 is 10.6 Å². The normalized spacial score (nSPS) is 8.08. The standard InChI is InChI=1S/C6H7NO.O3S/c1-7-5-3-2-4-6(7)8;1-4(2)3/h2-5H,1H3;. The molecule has 1 heterocycles. The van der Waals surface area contributed by atoms with Crippen molar-refractivity contribution in [2.45, 2.75) is 0 Å². The van der Waals surface area contributed by atoms with E-state index in [1.165, 1.54) is 10.6 Å². The number of aromatic nitrogens is 1. The maximum absolute atomic E-state index is 10.6. The second-order valence-corrected chi connectivity index (χ2v) is 2.26. The molecule has 0 spiro atoms. The van der Waals surface area contributed by atoms with E-state index in [0.29, 0.717) is 0 Å². The van der Waals surface area contributed by atoms with Crippen molar-refractivity contribution < 1.29 is 12.6 Å². The molecule has 0 aliphatic carbocycles. The molecule has 0 bridgehead atoms. The molecule has 0 saturated carbocycles. The third kappa shape index (κ3) is 5.36. The first-order valence-corrected chi connectivity index (χ1v) is 3.92. The summed E-state index contributed by atoms with van der Waals surface area (Å²) in [4.78, 5) is 10.6. The maximum atomic E-state index is 10.6. The zero-order valence-corrected chi connectivity index (χ0v) is 7.11. The molecule has 0 fully saturated rings. The molecular weight excluding hydrogens is 182 g/mol. The van der Waals surface area contributed by atoms with E-state index in [9.17, 15) is 4.79 Å². The van der Waals surface area contributed by atoms with Crippen molar-refractivity contribution in [1.82, 2.24) is 4.57 Å². The second-order valence-electron chi connectivity index (χ2n) is 1.85. The van der Waals surface area contributed by atoms with Gasteiger partial charge in [-0.15, -0.1) is 12.6 Å². The van der Waals surface area contributed by atoms with Crippen molar-refractivity contribution in [3.05, 3.63) is 34.7 Å². The summed E-state index contributed by atoms with van der Waals surface area (Å²) in [6.45, 7) is 0. The molecule has 0 atom stereocenters. The van der Waals surface area contributed by atoms with Gasteiger partial charge in [0.15, 0.2) is 0 Å². The molecule has 0 N–H and O–H groups in total. The smallest absolute Gasteiger partial charge is 0.319 e. The zero-order valence-electron chi connectivity index (χ0n) is 6.30. The lowest BCUT2D eigenvalue weighted by molar-refractivity contribution is 0.559. The van der Waals surface area contributed by atoms with Crippen molar-refractivity contribution in [2.75, 3.05) is 0 Å². The topological polar surface area (TPSA) is 73.2 Å². The van der Waals surface area contributed by atoms with E-state index in [-0.39, 0.29) is 5.56 Å². The summed E-state index contributed by atoms with van der Waals surface area (Å²) in [5.74, 6) is 0. The number of nitrogens with zero attached hydrogens (tertiary/aromatic N) is 1. The minimum Gasteiger partial charge on any atom is -0.319 e. The van der Waals surface area contributed by atoms with Crippen molar-refractivity contribution in [1.29, 1.82) is 0 Å². The largest absolute Gasteiger partial charge is 0.425 e. The first kappa shape index (κ1) is 10.6. The Kier molecular flexibility index (Phi) is 4.62. The Bertz CT molecular complexity index is 384. The maximum Gasteiger partial charge on any atom is 0.425 e. The van der Waals surface area contributed by atoms with E-state index in [1.807, 2.05) is 6.07 Å².